The summed E-state index contributed by atoms with van der Waals surface area (Å²) in [5.74, 6) is -4.77. The highest BCUT2D eigenvalue weighted by Crippen LogP contribution is 2.20. The molecule has 4 rings (SSSR count). The van der Waals surface area contributed by atoms with Gasteiger partial charge in [0.1, 0.15) is 18.1 Å². The Morgan fingerprint density at radius 2 is 1.25 bits per heavy atom. The molecule has 16 nitrogen and oxygen atoms in total. The number of amides is 4. The van der Waals surface area contributed by atoms with E-state index in [0.29, 0.717) is 5.56 Å². The van der Waals surface area contributed by atoms with Crippen LogP contribution in [0.25, 0.3) is 21.8 Å². The van der Waals surface area contributed by atoms with Gasteiger partial charge in [0, 0.05) is 47.2 Å². The van der Waals surface area contributed by atoms with Gasteiger partial charge in [-0.3, -0.25) is 24.2 Å². The van der Waals surface area contributed by atoms with E-state index in [-0.39, 0.29) is 38.2 Å². The van der Waals surface area contributed by atoms with Gasteiger partial charge in [-0.2, -0.15) is 0 Å². The lowest BCUT2D eigenvalue weighted by molar-refractivity contribution is -0.142. The van der Waals surface area contributed by atoms with Gasteiger partial charge in [0.05, 0.1) is 12.5 Å². The van der Waals surface area contributed by atoms with Crippen LogP contribution in [0.3, 0.4) is 0 Å². The van der Waals surface area contributed by atoms with Crippen LogP contribution >= 0.6 is 0 Å². The quantitative estimate of drug-likeness (QED) is 0.0386. The maximum Gasteiger partial charge on any atom is 0.326 e. The van der Waals surface area contributed by atoms with Crippen LogP contribution in [0, 0.1) is 0 Å². The lowest BCUT2D eigenvalue weighted by Crippen LogP contribution is -2.58. The standard InChI is InChI=1S/C32H40N10O6/c33-21(12-17-15-38-22-8-3-1-6-19(17)22)28(44)41-25(14-27(34)43)30(46)40-24(10-5-11-37-32(35)36)29(45)42-26(31(47)48)13-18-16-39-23-9-4-2-7-20(18)23/h1-4,6-9,15-16,21,24-26,38-39H,5,10-14,33H2,(H2,34,43)(H,40,46)(H,41,44)(H,42,45)(H,47,48)(H4,35,36,37). The molecule has 2 aromatic heterocycles. The van der Waals surface area contributed by atoms with E-state index in [1.165, 1.54) is 0 Å². The van der Waals surface area contributed by atoms with Crippen LogP contribution in [0.2, 0.25) is 0 Å². The van der Waals surface area contributed by atoms with Crippen molar-refractivity contribution in [3.8, 4) is 0 Å². The first-order valence-electron chi connectivity index (χ1n) is 15.3. The van der Waals surface area contributed by atoms with Gasteiger partial charge in [-0.1, -0.05) is 36.4 Å². The predicted molar refractivity (Wildman–Crippen MR) is 179 cm³/mol. The molecule has 48 heavy (non-hydrogen) atoms. The Morgan fingerprint density at radius 3 is 1.81 bits per heavy atom. The second-order valence-corrected chi connectivity index (χ2v) is 11.4. The Hall–Kier alpha value is -5.90. The Kier molecular flexibility index (Phi) is 11.7. The largest absolute Gasteiger partial charge is 0.480 e. The summed E-state index contributed by atoms with van der Waals surface area (Å²) in [5, 5.41) is 19.1. The summed E-state index contributed by atoms with van der Waals surface area (Å²) in [7, 11) is 0. The summed E-state index contributed by atoms with van der Waals surface area (Å²) in [6.07, 6.45) is 3.11. The molecule has 16 heteroatoms. The number of aliphatic carboxylic acids is 1. The van der Waals surface area contributed by atoms with Gasteiger partial charge in [-0.15, -0.1) is 0 Å². The highest BCUT2D eigenvalue weighted by Gasteiger charge is 2.31. The van der Waals surface area contributed by atoms with E-state index in [0.717, 1.165) is 27.4 Å². The molecule has 0 bridgehead atoms. The Balaban J connectivity index is 1.47. The molecule has 0 aliphatic heterocycles. The van der Waals surface area contributed by atoms with E-state index >= 15 is 0 Å². The van der Waals surface area contributed by atoms with Gasteiger partial charge in [0.15, 0.2) is 5.96 Å². The van der Waals surface area contributed by atoms with Gasteiger partial charge in [0.2, 0.25) is 23.6 Å². The highest BCUT2D eigenvalue weighted by atomic mass is 16.4. The van der Waals surface area contributed by atoms with Gasteiger partial charge in [-0.05, 0) is 42.5 Å². The SMILES string of the molecule is NC(=O)CC(NC(=O)C(N)Cc1c[nH]c2ccccc12)C(=O)NC(CCCN=C(N)N)C(=O)NC(Cc1c[nH]c2ccccc12)C(=O)O. The molecule has 0 aliphatic rings. The van der Waals surface area contributed by atoms with Crippen LogP contribution in [-0.2, 0) is 36.8 Å². The molecule has 4 aromatic rings. The molecule has 0 saturated carbocycles. The number of carbonyl (C=O) groups excluding carboxylic acids is 4. The normalized spacial score (nSPS) is 13.6. The van der Waals surface area contributed by atoms with Crippen LogP contribution < -0.4 is 38.9 Å². The zero-order chi connectivity index (χ0) is 34.8. The number of primary amides is 1. The summed E-state index contributed by atoms with van der Waals surface area (Å²) in [6, 6.07) is 9.58. The number of para-hydroxylation sites is 2. The number of rotatable bonds is 17. The molecular weight excluding hydrogens is 620 g/mol. The predicted octanol–water partition coefficient (Wildman–Crippen LogP) is -0.770. The number of carboxylic acids is 1. The van der Waals surface area contributed by atoms with E-state index < -0.39 is 60.2 Å². The highest BCUT2D eigenvalue weighted by molar-refractivity contribution is 5.96. The number of hydrogen-bond donors (Lipinski definition) is 10. The first kappa shape index (κ1) is 35.0. The summed E-state index contributed by atoms with van der Waals surface area (Å²) < 4.78 is 0. The Bertz CT molecular complexity index is 1810. The fourth-order valence-corrected chi connectivity index (χ4v) is 5.36. The Labute approximate surface area is 275 Å². The summed E-state index contributed by atoms with van der Waals surface area (Å²) in [4.78, 5) is 74.2. The number of aromatic amines is 2. The number of aromatic nitrogens is 2. The van der Waals surface area contributed by atoms with Gasteiger partial charge in [0.25, 0.3) is 0 Å². The number of carbonyl (C=O) groups is 5. The zero-order valence-electron chi connectivity index (χ0n) is 26.1. The van der Waals surface area contributed by atoms with Crippen molar-refractivity contribution < 1.29 is 29.1 Å². The molecule has 0 fully saturated rings. The monoisotopic (exact) mass is 660 g/mol. The lowest BCUT2D eigenvalue weighted by atomic mass is 10.0. The van der Waals surface area contributed by atoms with Gasteiger partial charge < -0.3 is 54.0 Å². The van der Waals surface area contributed by atoms with E-state index in [1.54, 1.807) is 12.4 Å². The van der Waals surface area contributed by atoms with Crippen molar-refractivity contribution in [1.82, 2.24) is 25.9 Å². The van der Waals surface area contributed by atoms with E-state index in [4.69, 9.17) is 22.9 Å². The van der Waals surface area contributed by atoms with Crippen LogP contribution in [0.4, 0.5) is 0 Å². The average molecular weight is 661 g/mol. The van der Waals surface area contributed by atoms with Gasteiger partial charge in [-0.25, -0.2) is 4.79 Å². The molecule has 4 atom stereocenters. The van der Waals surface area contributed by atoms with Crippen LogP contribution in [0.1, 0.15) is 30.4 Å². The first-order valence-corrected chi connectivity index (χ1v) is 15.3. The summed E-state index contributed by atoms with van der Waals surface area (Å²) in [5.41, 5.74) is 25.5. The molecule has 0 radical (unpaired) electrons. The molecular formula is C32H40N10O6. The average Bonchev–Trinajstić information content (AvgIpc) is 3.65. The van der Waals surface area contributed by atoms with Crippen molar-refractivity contribution in [2.75, 3.05) is 6.54 Å². The molecule has 14 N–H and O–H groups in total. The zero-order valence-corrected chi connectivity index (χ0v) is 26.1. The summed E-state index contributed by atoms with van der Waals surface area (Å²) >= 11 is 0. The number of benzene rings is 2. The smallest absolute Gasteiger partial charge is 0.326 e. The lowest BCUT2D eigenvalue weighted by Gasteiger charge is -2.25. The van der Waals surface area contributed by atoms with Crippen molar-refractivity contribution in [2.45, 2.75) is 56.3 Å². The molecule has 0 saturated heterocycles. The van der Waals surface area contributed by atoms with Crippen molar-refractivity contribution in [2.24, 2.45) is 27.9 Å². The number of aliphatic imine (C=N–C) groups is 1. The molecule has 4 amide bonds. The van der Waals surface area contributed by atoms with E-state index in [2.05, 4.69) is 30.9 Å². The number of fused-ring (bicyclic) bond motifs is 2. The third kappa shape index (κ3) is 9.32. The molecule has 2 aromatic carbocycles. The minimum Gasteiger partial charge on any atom is -0.480 e. The number of nitrogens with zero attached hydrogens (tertiary/aromatic N) is 1. The topological polar surface area (TPSA) is 290 Å². The number of H-pyrrole nitrogens is 2. The third-order valence-corrected chi connectivity index (χ3v) is 7.78. The van der Waals surface area contributed by atoms with Crippen molar-refractivity contribution >= 4 is 57.4 Å². The molecule has 2 heterocycles. The minimum atomic E-state index is -1.47. The van der Waals surface area contributed by atoms with Gasteiger partial charge >= 0.3 is 5.97 Å². The maximum atomic E-state index is 13.5. The number of guanidine groups is 1. The summed E-state index contributed by atoms with van der Waals surface area (Å²) in [6.45, 7) is 0.115. The van der Waals surface area contributed by atoms with Crippen LogP contribution in [0.5, 0.6) is 0 Å². The van der Waals surface area contributed by atoms with Crippen molar-refractivity contribution in [3.05, 3.63) is 72.1 Å². The molecule has 0 spiro atoms. The maximum absolute atomic E-state index is 13.5. The van der Waals surface area contributed by atoms with E-state index in [1.807, 2.05) is 48.5 Å². The van der Waals surface area contributed by atoms with Crippen molar-refractivity contribution in [1.29, 1.82) is 0 Å². The molecule has 0 aliphatic carbocycles. The molecule has 254 valence electrons. The second-order valence-electron chi connectivity index (χ2n) is 11.4. The fraction of sp³-hybridized carbons (Fsp3) is 0.312. The minimum absolute atomic E-state index is 0.00884. The van der Waals surface area contributed by atoms with E-state index in [9.17, 15) is 29.1 Å². The Morgan fingerprint density at radius 1 is 0.729 bits per heavy atom. The first-order chi connectivity index (χ1) is 22.9. The van der Waals surface area contributed by atoms with Crippen LogP contribution in [0.15, 0.2) is 65.9 Å². The fourth-order valence-electron chi connectivity index (χ4n) is 5.36. The van der Waals surface area contributed by atoms with Crippen LogP contribution in [-0.4, -0.2) is 81.3 Å². The second kappa shape index (κ2) is 16.1. The number of nitrogens with two attached hydrogens (primary N) is 4. The number of nitrogens with one attached hydrogen (secondary N) is 5. The van der Waals surface area contributed by atoms with Crippen molar-refractivity contribution in [3.63, 3.8) is 0 Å². The number of carboxylic acid groups (broad SMARTS) is 1. The molecule has 4 unspecified atom stereocenters. The number of hydrogen-bond acceptors (Lipinski definition) is 7. The third-order valence-electron chi connectivity index (χ3n) is 7.78.